The second-order valence-electron chi connectivity index (χ2n) is 6.83. The van der Waals surface area contributed by atoms with E-state index in [9.17, 15) is 22.4 Å². The van der Waals surface area contributed by atoms with E-state index in [-0.39, 0.29) is 29.0 Å². The molecular formula is C21H16F4N4O3. The van der Waals surface area contributed by atoms with Gasteiger partial charge in [-0.15, -0.1) is 0 Å². The molecule has 1 N–H and O–H groups in total. The highest BCUT2D eigenvalue weighted by molar-refractivity contribution is 5.85. The number of halogens is 4. The van der Waals surface area contributed by atoms with Crippen LogP contribution in [0, 0.1) is 12.7 Å². The Morgan fingerprint density at radius 2 is 2.03 bits per heavy atom. The van der Waals surface area contributed by atoms with E-state index >= 15 is 0 Å². The Labute approximate surface area is 178 Å². The lowest BCUT2D eigenvalue weighted by molar-refractivity contribution is -0.136. The maximum atomic E-state index is 13.8. The Morgan fingerprint density at radius 1 is 1.22 bits per heavy atom. The van der Waals surface area contributed by atoms with Gasteiger partial charge in [0.15, 0.2) is 12.3 Å². The molecular weight excluding hydrogens is 432 g/mol. The third-order valence-corrected chi connectivity index (χ3v) is 4.54. The molecule has 11 heteroatoms. The predicted octanol–water partition coefficient (Wildman–Crippen LogP) is 4.18. The van der Waals surface area contributed by atoms with Gasteiger partial charge in [0.05, 0.1) is 35.1 Å². The second kappa shape index (κ2) is 8.33. The molecule has 4 aromatic rings. The largest absolute Gasteiger partial charge is 0.467 e. The molecule has 0 atom stereocenters. The molecule has 0 aliphatic carbocycles. The number of nitrogens with zero attached hydrogens (tertiary/aromatic N) is 3. The first-order chi connectivity index (χ1) is 15.2. The first-order valence-corrected chi connectivity index (χ1v) is 9.38. The highest BCUT2D eigenvalue weighted by Crippen LogP contribution is 2.38. The standard InChI is InChI=1S/C21H16F4N4O3/c1-12-19-16(21(23,24)25)9-18(32-11-17(30)26-10-15-6-3-7-31-15)27-20(19)29(28-12)14-5-2-4-13(22)8-14/h2-9H,10-11H2,1H3,(H,26,30). The van der Waals surface area contributed by atoms with Gasteiger partial charge < -0.3 is 14.5 Å². The number of rotatable bonds is 6. The summed E-state index contributed by atoms with van der Waals surface area (Å²) < 4.78 is 66.4. The van der Waals surface area contributed by atoms with Crippen molar-refractivity contribution in [1.82, 2.24) is 20.1 Å². The normalized spacial score (nSPS) is 11.7. The Bertz CT molecular complexity index is 1270. The topological polar surface area (TPSA) is 82.2 Å². The molecule has 0 radical (unpaired) electrons. The summed E-state index contributed by atoms with van der Waals surface area (Å²) >= 11 is 0. The van der Waals surface area contributed by atoms with Crippen molar-refractivity contribution in [2.24, 2.45) is 0 Å². The molecule has 1 aromatic carbocycles. The zero-order valence-electron chi connectivity index (χ0n) is 16.6. The number of fused-ring (bicyclic) bond motifs is 1. The number of ether oxygens (including phenoxy) is 1. The first kappa shape index (κ1) is 21.3. The van der Waals surface area contributed by atoms with Gasteiger partial charge in [0.25, 0.3) is 5.91 Å². The minimum Gasteiger partial charge on any atom is -0.467 e. The summed E-state index contributed by atoms with van der Waals surface area (Å²) in [6, 6.07) is 9.23. The predicted molar refractivity (Wildman–Crippen MR) is 105 cm³/mol. The van der Waals surface area contributed by atoms with Crippen LogP contribution in [0.15, 0.2) is 53.1 Å². The lowest BCUT2D eigenvalue weighted by Gasteiger charge is -2.12. The van der Waals surface area contributed by atoms with Gasteiger partial charge in [-0.2, -0.15) is 23.3 Å². The van der Waals surface area contributed by atoms with E-state index in [0.717, 1.165) is 10.7 Å². The van der Waals surface area contributed by atoms with Crippen LogP contribution in [-0.4, -0.2) is 27.3 Å². The Balaban J connectivity index is 1.67. The highest BCUT2D eigenvalue weighted by atomic mass is 19.4. The van der Waals surface area contributed by atoms with Crippen LogP contribution < -0.4 is 10.1 Å². The van der Waals surface area contributed by atoms with E-state index in [1.165, 1.54) is 31.4 Å². The molecule has 166 valence electrons. The molecule has 0 aliphatic rings. The maximum Gasteiger partial charge on any atom is 0.417 e. The van der Waals surface area contributed by atoms with Crippen molar-refractivity contribution in [3.63, 3.8) is 0 Å². The van der Waals surface area contributed by atoms with Gasteiger partial charge >= 0.3 is 6.18 Å². The van der Waals surface area contributed by atoms with Gasteiger partial charge in [-0.1, -0.05) is 6.07 Å². The summed E-state index contributed by atoms with van der Waals surface area (Å²) in [6.07, 6.45) is -3.29. The Hall–Kier alpha value is -3.89. The molecule has 3 aromatic heterocycles. The number of carbonyl (C=O) groups excluding carboxylic acids is 1. The number of hydrogen-bond donors (Lipinski definition) is 1. The van der Waals surface area contributed by atoms with Crippen molar-refractivity contribution in [3.05, 3.63) is 71.6 Å². The Morgan fingerprint density at radius 3 is 2.72 bits per heavy atom. The lowest BCUT2D eigenvalue weighted by atomic mass is 10.1. The van der Waals surface area contributed by atoms with Crippen molar-refractivity contribution in [2.75, 3.05) is 6.61 Å². The average molecular weight is 448 g/mol. The summed E-state index contributed by atoms with van der Waals surface area (Å²) in [5.74, 6) is -1.07. The number of pyridine rings is 1. The van der Waals surface area contributed by atoms with Crippen molar-refractivity contribution in [1.29, 1.82) is 0 Å². The van der Waals surface area contributed by atoms with E-state index in [2.05, 4.69) is 15.4 Å². The third-order valence-electron chi connectivity index (χ3n) is 4.54. The molecule has 7 nitrogen and oxygen atoms in total. The molecule has 0 fully saturated rings. The minimum absolute atomic E-state index is 0.0619. The zero-order chi connectivity index (χ0) is 22.9. The molecule has 1 amide bonds. The summed E-state index contributed by atoms with van der Waals surface area (Å²) in [5, 5.41) is 6.39. The van der Waals surface area contributed by atoms with Crippen LogP contribution >= 0.6 is 0 Å². The number of aryl methyl sites for hydroxylation is 1. The molecule has 0 aliphatic heterocycles. The van der Waals surface area contributed by atoms with Crippen LogP contribution in [0.2, 0.25) is 0 Å². The van der Waals surface area contributed by atoms with E-state index in [0.29, 0.717) is 11.8 Å². The Kier molecular flexibility index (Phi) is 5.56. The number of alkyl halides is 3. The zero-order valence-corrected chi connectivity index (χ0v) is 16.6. The summed E-state index contributed by atoms with van der Waals surface area (Å²) in [7, 11) is 0. The van der Waals surface area contributed by atoms with Crippen LogP contribution in [0.4, 0.5) is 17.6 Å². The van der Waals surface area contributed by atoms with Gasteiger partial charge in [-0.3, -0.25) is 4.79 Å². The highest BCUT2D eigenvalue weighted by Gasteiger charge is 2.36. The molecule has 0 spiro atoms. The SMILES string of the molecule is Cc1nn(-c2cccc(F)c2)c2nc(OCC(=O)NCc3ccco3)cc(C(F)(F)F)c12. The molecule has 0 saturated carbocycles. The smallest absolute Gasteiger partial charge is 0.417 e. The van der Waals surface area contributed by atoms with E-state index in [1.54, 1.807) is 12.1 Å². The average Bonchev–Trinajstić information content (AvgIpc) is 3.37. The fourth-order valence-electron chi connectivity index (χ4n) is 3.14. The minimum atomic E-state index is -4.73. The third kappa shape index (κ3) is 4.41. The number of hydrogen-bond acceptors (Lipinski definition) is 5. The molecule has 4 rings (SSSR count). The summed E-state index contributed by atoms with van der Waals surface area (Å²) in [5.41, 5.74) is -0.938. The fourth-order valence-corrected chi connectivity index (χ4v) is 3.14. The molecule has 0 unspecified atom stereocenters. The van der Waals surface area contributed by atoms with Gasteiger partial charge in [-0.25, -0.2) is 9.07 Å². The molecule has 0 bridgehead atoms. The monoisotopic (exact) mass is 448 g/mol. The van der Waals surface area contributed by atoms with Gasteiger partial charge in [-0.05, 0) is 37.3 Å². The number of aromatic nitrogens is 3. The van der Waals surface area contributed by atoms with Crippen LogP contribution in [0.25, 0.3) is 16.7 Å². The van der Waals surface area contributed by atoms with Gasteiger partial charge in [0.2, 0.25) is 5.88 Å². The first-order valence-electron chi connectivity index (χ1n) is 9.38. The van der Waals surface area contributed by atoms with Crippen LogP contribution in [0.1, 0.15) is 17.0 Å². The van der Waals surface area contributed by atoms with Crippen LogP contribution in [0.3, 0.4) is 0 Å². The van der Waals surface area contributed by atoms with E-state index in [4.69, 9.17) is 9.15 Å². The van der Waals surface area contributed by atoms with E-state index < -0.39 is 36.0 Å². The number of furan rings is 1. The van der Waals surface area contributed by atoms with Crippen LogP contribution in [0.5, 0.6) is 5.88 Å². The van der Waals surface area contributed by atoms with Crippen molar-refractivity contribution < 1.29 is 31.5 Å². The lowest BCUT2D eigenvalue weighted by Crippen LogP contribution is -2.28. The fraction of sp³-hybridized carbons (Fsp3) is 0.190. The molecule has 3 heterocycles. The number of nitrogens with one attached hydrogen (secondary N) is 1. The van der Waals surface area contributed by atoms with Crippen molar-refractivity contribution >= 4 is 16.9 Å². The van der Waals surface area contributed by atoms with Gasteiger partial charge in [0, 0.05) is 6.07 Å². The number of carbonyl (C=O) groups is 1. The molecule has 32 heavy (non-hydrogen) atoms. The number of benzene rings is 1. The summed E-state index contributed by atoms with van der Waals surface area (Å²) in [6.45, 7) is 0.933. The van der Waals surface area contributed by atoms with Crippen LogP contribution in [-0.2, 0) is 17.5 Å². The van der Waals surface area contributed by atoms with Crippen molar-refractivity contribution in [3.8, 4) is 11.6 Å². The van der Waals surface area contributed by atoms with Gasteiger partial charge in [0.1, 0.15) is 11.6 Å². The maximum absolute atomic E-state index is 13.8. The summed E-state index contributed by atoms with van der Waals surface area (Å²) in [4.78, 5) is 16.1. The van der Waals surface area contributed by atoms with E-state index in [1.807, 2.05) is 0 Å². The van der Waals surface area contributed by atoms with Crippen molar-refractivity contribution in [2.45, 2.75) is 19.6 Å². The molecule has 0 saturated heterocycles. The quantitative estimate of drug-likeness (QED) is 0.448. The number of amides is 1. The second-order valence-corrected chi connectivity index (χ2v) is 6.83.